The van der Waals surface area contributed by atoms with E-state index in [1.54, 1.807) is 18.9 Å². The molecule has 0 heterocycles. The summed E-state index contributed by atoms with van der Waals surface area (Å²) in [5.41, 5.74) is 1.05. The molecule has 0 bridgehead atoms. The van der Waals surface area contributed by atoms with Crippen LogP contribution in [0.2, 0.25) is 0 Å². The number of anilines is 1. The van der Waals surface area contributed by atoms with E-state index in [0.717, 1.165) is 23.7 Å². The monoisotopic (exact) mass is 299 g/mol. The third-order valence-electron chi connectivity index (χ3n) is 2.74. The second-order valence-corrected chi connectivity index (χ2v) is 6.01. The van der Waals surface area contributed by atoms with Crippen molar-refractivity contribution in [2.75, 3.05) is 30.6 Å². The zero-order valence-electron chi connectivity index (χ0n) is 11.9. The van der Waals surface area contributed by atoms with Gasteiger partial charge in [0.05, 0.1) is 7.11 Å². The molecule has 19 heavy (non-hydrogen) atoms. The molecule has 0 saturated carbocycles. The Morgan fingerprint density at radius 1 is 1.32 bits per heavy atom. The number of carbonyl (C=O) groups excluding carboxylic acids is 1. The van der Waals surface area contributed by atoms with Crippen LogP contribution in [0, 0.1) is 0 Å². The van der Waals surface area contributed by atoms with E-state index in [9.17, 15) is 4.79 Å². The Kier molecular flexibility index (Phi) is 7.16. The van der Waals surface area contributed by atoms with Gasteiger partial charge in [0.25, 0.3) is 0 Å². The summed E-state index contributed by atoms with van der Waals surface area (Å²) in [5, 5.41) is 0.0796. The number of hydrogen-bond acceptors (Lipinski definition) is 5. The summed E-state index contributed by atoms with van der Waals surface area (Å²) < 4.78 is 5.16. The number of ether oxygens (including phenoxy) is 1. The molecule has 106 valence electrons. The number of likely N-dealkylation sites (N-methyl/N-ethyl adjacent to an activating group) is 1. The molecule has 0 aliphatic heterocycles. The van der Waals surface area contributed by atoms with Gasteiger partial charge in [-0.2, -0.15) is 0 Å². The Balaban J connectivity index is 2.92. The van der Waals surface area contributed by atoms with Crippen LogP contribution in [0.5, 0.6) is 5.75 Å². The summed E-state index contributed by atoms with van der Waals surface area (Å²) in [6.45, 7) is 4.87. The summed E-state index contributed by atoms with van der Waals surface area (Å²) >= 11 is 2.96. The van der Waals surface area contributed by atoms with Crippen molar-refractivity contribution < 1.29 is 9.53 Å². The molecule has 1 rings (SSSR count). The number of rotatable bonds is 7. The van der Waals surface area contributed by atoms with Crippen molar-refractivity contribution >= 4 is 34.3 Å². The van der Waals surface area contributed by atoms with E-state index in [-0.39, 0.29) is 10.5 Å². The maximum absolute atomic E-state index is 12.1. The van der Waals surface area contributed by atoms with Crippen LogP contribution in [0.1, 0.15) is 13.8 Å². The minimum Gasteiger partial charge on any atom is -0.497 e. The van der Waals surface area contributed by atoms with Crippen molar-refractivity contribution in [3.63, 3.8) is 0 Å². The summed E-state index contributed by atoms with van der Waals surface area (Å²) in [7, 11) is 1.65. The van der Waals surface area contributed by atoms with Crippen LogP contribution in [0.15, 0.2) is 24.3 Å². The van der Waals surface area contributed by atoms with E-state index >= 15 is 0 Å². The average molecular weight is 299 g/mol. The molecule has 1 aromatic carbocycles. The first-order valence-corrected chi connectivity index (χ1v) is 8.55. The van der Waals surface area contributed by atoms with Crippen molar-refractivity contribution in [3.05, 3.63) is 24.3 Å². The summed E-state index contributed by atoms with van der Waals surface area (Å²) in [4.78, 5) is 14.3. The predicted octanol–water partition coefficient (Wildman–Crippen LogP) is 3.49. The van der Waals surface area contributed by atoms with Gasteiger partial charge in [-0.25, -0.2) is 0 Å². The molecule has 3 nitrogen and oxygen atoms in total. The first-order valence-electron chi connectivity index (χ1n) is 6.28. The average Bonchev–Trinajstić information content (AvgIpc) is 2.45. The fraction of sp³-hybridized carbons (Fsp3) is 0.500. The third-order valence-corrected chi connectivity index (χ3v) is 4.60. The molecular formula is C14H21NO2S2. The lowest BCUT2D eigenvalue weighted by molar-refractivity contribution is -0.110. The molecule has 5 heteroatoms. The maximum Gasteiger partial charge on any atom is 0.221 e. The minimum atomic E-state index is -0.136. The molecule has 1 atom stereocenters. The van der Waals surface area contributed by atoms with Gasteiger partial charge in [0.1, 0.15) is 11.1 Å². The zero-order valence-corrected chi connectivity index (χ0v) is 13.5. The Morgan fingerprint density at radius 2 is 1.95 bits per heavy atom. The normalized spacial score (nSPS) is 12.0. The van der Waals surface area contributed by atoms with Gasteiger partial charge in [-0.1, -0.05) is 18.7 Å². The molecule has 1 unspecified atom stereocenters. The van der Waals surface area contributed by atoms with Gasteiger partial charge in [-0.05, 0) is 43.2 Å². The number of methoxy groups -OCH3 is 1. The highest BCUT2D eigenvalue weighted by molar-refractivity contribution is 8.16. The van der Waals surface area contributed by atoms with E-state index < -0.39 is 0 Å². The van der Waals surface area contributed by atoms with E-state index in [4.69, 9.17) is 4.74 Å². The van der Waals surface area contributed by atoms with Crippen LogP contribution >= 0.6 is 23.5 Å². The Labute approximate surface area is 124 Å². The maximum atomic E-state index is 12.1. The number of thioether (sulfide) groups is 2. The topological polar surface area (TPSA) is 29.5 Å². The van der Waals surface area contributed by atoms with E-state index in [1.165, 1.54) is 11.8 Å². The van der Waals surface area contributed by atoms with Gasteiger partial charge in [-0.3, -0.25) is 4.79 Å². The van der Waals surface area contributed by atoms with Crippen molar-refractivity contribution in [2.24, 2.45) is 0 Å². The van der Waals surface area contributed by atoms with Crippen molar-refractivity contribution in [2.45, 2.75) is 19.2 Å². The van der Waals surface area contributed by atoms with Crippen LogP contribution in [0.4, 0.5) is 5.69 Å². The molecule has 0 radical (unpaired) electrons. The van der Waals surface area contributed by atoms with Gasteiger partial charge >= 0.3 is 0 Å². The summed E-state index contributed by atoms with van der Waals surface area (Å²) in [5.74, 6) is 1.64. The molecule has 0 N–H and O–H groups in total. The fourth-order valence-electron chi connectivity index (χ4n) is 1.82. The quantitative estimate of drug-likeness (QED) is 0.719. The first kappa shape index (κ1) is 16.2. The van der Waals surface area contributed by atoms with E-state index in [1.807, 2.05) is 37.4 Å². The standard InChI is InChI=1S/C14H21NO2S2/c1-5-15(13(18-4)14(16)19-6-2)11-7-9-12(17-3)10-8-11/h7-10,13H,5-6H2,1-4H3. The highest BCUT2D eigenvalue weighted by atomic mass is 32.2. The SMILES string of the molecule is CCSC(=O)C(SC)N(CC)c1ccc(OC)cc1. The third kappa shape index (κ3) is 4.35. The molecule has 0 aromatic heterocycles. The summed E-state index contributed by atoms with van der Waals surface area (Å²) in [6.07, 6.45) is 1.98. The van der Waals surface area contributed by atoms with Crippen molar-refractivity contribution in [1.29, 1.82) is 0 Å². The first-order chi connectivity index (χ1) is 9.17. The second-order valence-electron chi connectivity index (χ2n) is 3.82. The number of hydrogen-bond donors (Lipinski definition) is 0. The fourth-order valence-corrected chi connectivity index (χ4v) is 3.59. The van der Waals surface area contributed by atoms with Crippen LogP contribution in [-0.4, -0.2) is 36.2 Å². The number of nitrogens with zero attached hydrogens (tertiary/aromatic N) is 1. The van der Waals surface area contributed by atoms with Crippen LogP contribution in [0.3, 0.4) is 0 Å². The van der Waals surface area contributed by atoms with Gasteiger partial charge in [-0.15, -0.1) is 11.8 Å². The zero-order chi connectivity index (χ0) is 14.3. The van der Waals surface area contributed by atoms with Crippen LogP contribution in [0.25, 0.3) is 0 Å². The van der Waals surface area contributed by atoms with Gasteiger partial charge < -0.3 is 9.64 Å². The molecule has 1 aromatic rings. The second kappa shape index (κ2) is 8.38. The highest BCUT2D eigenvalue weighted by Gasteiger charge is 2.24. The molecule has 0 spiro atoms. The smallest absolute Gasteiger partial charge is 0.221 e. The predicted molar refractivity (Wildman–Crippen MR) is 86.5 cm³/mol. The molecule has 0 aliphatic carbocycles. The molecular weight excluding hydrogens is 278 g/mol. The minimum absolute atomic E-state index is 0.136. The molecule has 0 saturated heterocycles. The Hall–Kier alpha value is -0.810. The largest absolute Gasteiger partial charge is 0.497 e. The van der Waals surface area contributed by atoms with E-state index in [0.29, 0.717) is 0 Å². The number of benzene rings is 1. The summed E-state index contributed by atoms with van der Waals surface area (Å²) in [6, 6.07) is 7.84. The van der Waals surface area contributed by atoms with Crippen molar-refractivity contribution in [3.8, 4) is 5.75 Å². The lowest BCUT2D eigenvalue weighted by Gasteiger charge is -2.30. The van der Waals surface area contributed by atoms with Crippen LogP contribution in [-0.2, 0) is 4.79 Å². The van der Waals surface area contributed by atoms with Crippen molar-refractivity contribution in [1.82, 2.24) is 0 Å². The van der Waals surface area contributed by atoms with E-state index in [2.05, 4.69) is 11.8 Å². The van der Waals surface area contributed by atoms with Crippen LogP contribution < -0.4 is 9.64 Å². The Bertz CT molecular complexity index is 395. The highest BCUT2D eigenvalue weighted by Crippen LogP contribution is 2.27. The molecule has 0 aliphatic rings. The Morgan fingerprint density at radius 3 is 2.37 bits per heavy atom. The number of carbonyl (C=O) groups is 1. The lowest BCUT2D eigenvalue weighted by atomic mass is 10.2. The van der Waals surface area contributed by atoms with Gasteiger partial charge in [0, 0.05) is 12.2 Å². The molecule has 0 fully saturated rings. The molecule has 0 amide bonds. The lowest BCUT2D eigenvalue weighted by Crippen LogP contribution is -2.37. The van der Waals surface area contributed by atoms with Gasteiger partial charge in [0.2, 0.25) is 5.12 Å². The van der Waals surface area contributed by atoms with Gasteiger partial charge in [0.15, 0.2) is 0 Å².